The van der Waals surface area contributed by atoms with Crippen molar-refractivity contribution in [3.8, 4) is 0 Å². The number of hydrogen-bond donors (Lipinski definition) is 0. The van der Waals surface area contributed by atoms with Gasteiger partial charge >= 0.3 is 5.97 Å². The lowest BCUT2D eigenvalue weighted by Crippen LogP contribution is -2.14. The van der Waals surface area contributed by atoms with Gasteiger partial charge in [-0.2, -0.15) is 0 Å². The van der Waals surface area contributed by atoms with Crippen LogP contribution < -0.4 is 0 Å². The van der Waals surface area contributed by atoms with Crippen LogP contribution in [0.5, 0.6) is 0 Å². The van der Waals surface area contributed by atoms with Crippen molar-refractivity contribution in [2.45, 2.75) is 19.9 Å². The average molecular weight is 241 g/mol. The number of hydrogen-bond acceptors (Lipinski definition) is 2. The fourth-order valence-electron chi connectivity index (χ4n) is 2.47. The molecule has 1 aliphatic rings. The summed E-state index contributed by atoms with van der Waals surface area (Å²) in [7, 11) is 0. The number of aromatic nitrogens is 1. The standard InChI is InChI=1S/C15H15NO2/c1-2-18-15(17)12-7-8-16-13(10-12)9-11-5-3-4-6-14(11)16/h3-6,9-10H,2,7-8H2,1H3. The van der Waals surface area contributed by atoms with Crippen LogP contribution >= 0.6 is 0 Å². The van der Waals surface area contributed by atoms with E-state index in [1.165, 1.54) is 10.9 Å². The Kier molecular flexibility index (Phi) is 2.67. The van der Waals surface area contributed by atoms with Gasteiger partial charge in [0.05, 0.1) is 6.61 Å². The number of carbonyl (C=O) groups is 1. The summed E-state index contributed by atoms with van der Waals surface area (Å²) in [5.41, 5.74) is 3.09. The van der Waals surface area contributed by atoms with Crippen molar-refractivity contribution in [2.24, 2.45) is 0 Å². The number of aryl methyl sites for hydroxylation is 1. The van der Waals surface area contributed by atoms with Crippen molar-refractivity contribution < 1.29 is 9.53 Å². The van der Waals surface area contributed by atoms with Gasteiger partial charge in [0.25, 0.3) is 0 Å². The van der Waals surface area contributed by atoms with Crippen molar-refractivity contribution in [2.75, 3.05) is 6.61 Å². The number of rotatable bonds is 2. The number of benzene rings is 1. The molecule has 92 valence electrons. The third-order valence-corrected chi connectivity index (χ3v) is 3.31. The van der Waals surface area contributed by atoms with E-state index < -0.39 is 0 Å². The molecule has 0 amide bonds. The van der Waals surface area contributed by atoms with Crippen LogP contribution in [0.3, 0.4) is 0 Å². The van der Waals surface area contributed by atoms with Crippen LogP contribution in [0.1, 0.15) is 19.0 Å². The molecule has 1 aromatic carbocycles. The summed E-state index contributed by atoms with van der Waals surface area (Å²) in [6, 6.07) is 10.4. The Morgan fingerprint density at radius 1 is 1.39 bits per heavy atom. The minimum atomic E-state index is -0.186. The Morgan fingerprint density at radius 3 is 3.06 bits per heavy atom. The summed E-state index contributed by atoms with van der Waals surface area (Å²) in [5.74, 6) is -0.186. The number of para-hydroxylation sites is 1. The van der Waals surface area contributed by atoms with Crippen molar-refractivity contribution in [1.29, 1.82) is 0 Å². The Hall–Kier alpha value is -2.03. The van der Waals surface area contributed by atoms with E-state index in [0.29, 0.717) is 6.61 Å². The summed E-state index contributed by atoms with van der Waals surface area (Å²) in [6.45, 7) is 3.10. The van der Waals surface area contributed by atoms with Gasteiger partial charge in [-0.15, -0.1) is 0 Å². The van der Waals surface area contributed by atoms with Crippen molar-refractivity contribution in [3.63, 3.8) is 0 Å². The molecule has 0 fully saturated rings. The van der Waals surface area contributed by atoms with Gasteiger partial charge in [-0.1, -0.05) is 18.2 Å². The molecule has 3 rings (SSSR count). The van der Waals surface area contributed by atoms with Gasteiger partial charge in [0, 0.05) is 28.7 Å². The van der Waals surface area contributed by atoms with Crippen molar-refractivity contribution >= 4 is 22.9 Å². The van der Waals surface area contributed by atoms with Crippen molar-refractivity contribution in [3.05, 3.63) is 41.6 Å². The molecule has 0 atom stereocenters. The summed E-state index contributed by atoms with van der Waals surface area (Å²) in [4.78, 5) is 11.7. The first-order chi connectivity index (χ1) is 8.79. The van der Waals surface area contributed by atoms with Crippen LogP contribution in [0.25, 0.3) is 17.0 Å². The molecule has 0 unspecified atom stereocenters. The van der Waals surface area contributed by atoms with Crippen LogP contribution in [0.4, 0.5) is 0 Å². The predicted molar refractivity (Wildman–Crippen MR) is 71.2 cm³/mol. The SMILES string of the molecule is CCOC(=O)C1=Cc2cc3ccccc3n2CC1. The van der Waals surface area contributed by atoms with Crippen LogP contribution in [0.2, 0.25) is 0 Å². The molecule has 0 radical (unpaired) electrons. The lowest BCUT2D eigenvalue weighted by molar-refractivity contribution is -0.138. The van der Waals surface area contributed by atoms with Gasteiger partial charge in [-0.3, -0.25) is 0 Å². The average Bonchev–Trinajstić information content (AvgIpc) is 2.76. The maximum absolute atomic E-state index is 11.7. The third kappa shape index (κ3) is 1.72. The van der Waals surface area contributed by atoms with Gasteiger partial charge in [0.1, 0.15) is 0 Å². The van der Waals surface area contributed by atoms with Gasteiger partial charge in [0.15, 0.2) is 0 Å². The van der Waals surface area contributed by atoms with E-state index in [1.807, 2.05) is 25.1 Å². The molecule has 0 N–H and O–H groups in total. The highest BCUT2D eigenvalue weighted by molar-refractivity contribution is 5.95. The fraction of sp³-hybridized carbons (Fsp3) is 0.267. The zero-order valence-electron chi connectivity index (χ0n) is 10.3. The number of ether oxygens (including phenoxy) is 1. The molecular weight excluding hydrogens is 226 g/mol. The number of carbonyl (C=O) groups excluding carboxylic acids is 1. The zero-order valence-corrected chi connectivity index (χ0v) is 10.3. The third-order valence-electron chi connectivity index (χ3n) is 3.31. The van der Waals surface area contributed by atoms with E-state index in [2.05, 4.69) is 22.8 Å². The van der Waals surface area contributed by atoms with Gasteiger partial charge < -0.3 is 9.30 Å². The molecule has 1 aliphatic heterocycles. The van der Waals surface area contributed by atoms with E-state index in [1.54, 1.807) is 0 Å². The second-order valence-corrected chi connectivity index (χ2v) is 4.42. The predicted octanol–water partition coefficient (Wildman–Crippen LogP) is 2.99. The summed E-state index contributed by atoms with van der Waals surface area (Å²) >= 11 is 0. The lowest BCUT2D eigenvalue weighted by atomic mass is 10.1. The van der Waals surface area contributed by atoms with Crippen LogP contribution in [0.15, 0.2) is 35.9 Å². The molecule has 0 spiro atoms. The first-order valence-corrected chi connectivity index (χ1v) is 6.25. The molecule has 0 saturated carbocycles. The molecular formula is C15H15NO2. The lowest BCUT2D eigenvalue weighted by Gasteiger charge is -2.16. The van der Waals surface area contributed by atoms with E-state index in [0.717, 1.165) is 24.2 Å². The quantitative estimate of drug-likeness (QED) is 0.757. The summed E-state index contributed by atoms with van der Waals surface area (Å²) < 4.78 is 7.30. The molecule has 1 aromatic heterocycles. The normalized spacial score (nSPS) is 14.2. The molecule has 2 heterocycles. The Morgan fingerprint density at radius 2 is 2.22 bits per heavy atom. The topological polar surface area (TPSA) is 31.2 Å². The maximum atomic E-state index is 11.7. The Balaban J connectivity index is 2.04. The fourth-order valence-corrected chi connectivity index (χ4v) is 2.47. The zero-order chi connectivity index (χ0) is 12.5. The molecule has 0 bridgehead atoms. The summed E-state index contributed by atoms with van der Waals surface area (Å²) in [6.07, 6.45) is 2.69. The highest BCUT2D eigenvalue weighted by Gasteiger charge is 2.18. The molecule has 2 aromatic rings. The Bertz CT molecular complexity index is 637. The monoisotopic (exact) mass is 241 g/mol. The van der Waals surface area contributed by atoms with Crippen LogP contribution in [-0.4, -0.2) is 17.1 Å². The van der Waals surface area contributed by atoms with E-state index in [-0.39, 0.29) is 5.97 Å². The second-order valence-electron chi connectivity index (χ2n) is 4.42. The highest BCUT2D eigenvalue weighted by atomic mass is 16.5. The van der Waals surface area contributed by atoms with Crippen LogP contribution in [-0.2, 0) is 16.1 Å². The highest BCUT2D eigenvalue weighted by Crippen LogP contribution is 2.27. The van der Waals surface area contributed by atoms with E-state index in [9.17, 15) is 4.79 Å². The van der Waals surface area contributed by atoms with Gasteiger partial charge in [0.2, 0.25) is 0 Å². The van der Waals surface area contributed by atoms with Gasteiger partial charge in [-0.25, -0.2) is 4.79 Å². The molecule has 0 aliphatic carbocycles. The smallest absolute Gasteiger partial charge is 0.334 e. The maximum Gasteiger partial charge on any atom is 0.334 e. The van der Waals surface area contributed by atoms with E-state index in [4.69, 9.17) is 4.74 Å². The summed E-state index contributed by atoms with van der Waals surface area (Å²) in [5, 5.41) is 1.22. The van der Waals surface area contributed by atoms with E-state index >= 15 is 0 Å². The molecule has 3 heteroatoms. The number of esters is 1. The Labute approximate surface area is 106 Å². The molecule has 3 nitrogen and oxygen atoms in total. The number of fused-ring (bicyclic) bond motifs is 3. The van der Waals surface area contributed by atoms with Crippen LogP contribution in [0, 0.1) is 0 Å². The largest absolute Gasteiger partial charge is 0.463 e. The minimum Gasteiger partial charge on any atom is -0.463 e. The van der Waals surface area contributed by atoms with Gasteiger partial charge in [-0.05, 0) is 31.6 Å². The molecule has 0 saturated heterocycles. The molecule has 18 heavy (non-hydrogen) atoms. The van der Waals surface area contributed by atoms with Crippen molar-refractivity contribution in [1.82, 2.24) is 4.57 Å². The first-order valence-electron chi connectivity index (χ1n) is 6.25. The second kappa shape index (κ2) is 4.33. The minimum absolute atomic E-state index is 0.186. The number of nitrogens with zero attached hydrogens (tertiary/aromatic N) is 1. The first kappa shape index (κ1) is 11.1.